The van der Waals surface area contributed by atoms with Crippen LogP contribution in [0.5, 0.6) is 0 Å². The van der Waals surface area contributed by atoms with Gasteiger partial charge in [-0.15, -0.1) is 11.6 Å². The molecule has 0 radical (unpaired) electrons. The number of hydrogen-bond donors (Lipinski definition) is 1. The molecule has 0 unspecified atom stereocenters. The second kappa shape index (κ2) is 6.37. The minimum Gasteiger partial charge on any atom is -0.356 e. The number of nitrogens with one attached hydrogen (secondary N) is 1. The molecule has 1 fully saturated rings. The number of hydrogen-bond acceptors (Lipinski definition) is 1. The zero-order chi connectivity index (χ0) is 11.1. The summed E-state index contributed by atoms with van der Waals surface area (Å²) in [5.41, 5.74) is 0.198. The van der Waals surface area contributed by atoms with Gasteiger partial charge in [-0.25, -0.2) is 0 Å². The summed E-state index contributed by atoms with van der Waals surface area (Å²) in [5, 5.41) is 3.03. The van der Waals surface area contributed by atoms with Crippen molar-refractivity contribution in [3.8, 4) is 0 Å². The van der Waals surface area contributed by atoms with Crippen molar-refractivity contribution < 1.29 is 4.79 Å². The first-order valence-electron chi connectivity index (χ1n) is 6.05. The summed E-state index contributed by atoms with van der Waals surface area (Å²) in [5.74, 6) is 0.870. The van der Waals surface area contributed by atoms with Gasteiger partial charge in [0.05, 0.1) is 0 Å². The van der Waals surface area contributed by atoms with E-state index < -0.39 is 0 Å². The monoisotopic (exact) mass is 231 g/mol. The quantitative estimate of drug-likeness (QED) is 0.700. The topological polar surface area (TPSA) is 29.1 Å². The highest BCUT2D eigenvalue weighted by atomic mass is 35.5. The highest BCUT2D eigenvalue weighted by molar-refractivity contribution is 6.18. The van der Waals surface area contributed by atoms with Gasteiger partial charge < -0.3 is 5.32 Å². The molecule has 1 amide bonds. The minimum absolute atomic E-state index is 0.188. The second-order valence-corrected chi connectivity index (χ2v) is 4.99. The standard InChI is InChI=1S/C12H22ClNO/c1-2-3-6-11(15)14-10-12(9-13)7-4-5-8-12/h2-10H2,1H3,(H,14,15). The van der Waals surface area contributed by atoms with E-state index in [4.69, 9.17) is 11.6 Å². The van der Waals surface area contributed by atoms with Crippen molar-refractivity contribution in [2.75, 3.05) is 12.4 Å². The Morgan fingerprint density at radius 3 is 2.60 bits per heavy atom. The predicted octanol–water partition coefficient (Wildman–Crippen LogP) is 3.09. The van der Waals surface area contributed by atoms with Crippen molar-refractivity contribution in [2.45, 2.75) is 51.9 Å². The van der Waals surface area contributed by atoms with Crippen LogP contribution in [0.4, 0.5) is 0 Å². The Morgan fingerprint density at radius 1 is 1.40 bits per heavy atom. The molecular formula is C12H22ClNO. The number of amides is 1. The van der Waals surface area contributed by atoms with Crippen molar-refractivity contribution in [3.05, 3.63) is 0 Å². The molecule has 1 N–H and O–H groups in total. The Balaban J connectivity index is 2.25. The van der Waals surface area contributed by atoms with Crippen molar-refractivity contribution in [1.29, 1.82) is 0 Å². The van der Waals surface area contributed by atoms with E-state index >= 15 is 0 Å². The average Bonchev–Trinajstić information content (AvgIpc) is 2.73. The maximum absolute atomic E-state index is 11.5. The van der Waals surface area contributed by atoms with Crippen LogP contribution in [0.1, 0.15) is 51.9 Å². The molecule has 1 saturated carbocycles. The molecule has 0 aromatic rings. The van der Waals surface area contributed by atoms with E-state index in [1.165, 1.54) is 25.7 Å². The molecule has 0 saturated heterocycles. The summed E-state index contributed by atoms with van der Waals surface area (Å²) in [4.78, 5) is 11.5. The fraction of sp³-hybridized carbons (Fsp3) is 0.917. The summed E-state index contributed by atoms with van der Waals surface area (Å²) in [6.45, 7) is 2.88. The fourth-order valence-electron chi connectivity index (χ4n) is 2.19. The van der Waals surface area contributed by atoms with Gasteiger partial charge in [0.1, 0.15) is 0 Å². The van der Waals surface area contributed by atoms with E-state index in [1.807, 2.05) is 0 Å². The summed E-state index contributed by atoms with van der Waals surface area (Å²) >= 11 is 6.00. The van der Waals surface area contributed by atoms with Crippen LogP contribution in [0.25, 0.3) is 0 Å². The second-order valence-electron chi connectivity index (χ2n) is 4.72. The van der Waals surface area contributed by atoms with Gasteiger partial charge in [-0.2, -0.15) is 0 Å². The molecule has 2 nitrogen and oxygen atoms in total. The summed E-state index contributed by atoms with van der Waals surface area (Å²) in [6.07, 6.45) is 7.59. The highest BCUT2D eigenvalue weighted by Crippen LogP contribution is 2.38. The van der Waals surface area contributed by atoms with Crippen molar-refractivity contribution in [3.63, 3.8) is 0 Å². The third-order valence-corrected chi connectivity index (χ3v) is 3.93. The van der Waals surface area contributed by atoms with Crippen molar-refractivity contribution in [2.24, 2.45) is 5.41 Å². The number of unbranched alkanes of at least 4 members (excludes halogenated alkanes) is 1. The molecule has 1 aliphatic rings. The Bertz CT molecular complexity index is 200. The van der Waals surface area contributed by atoms with Crippen LogP contribution in [0.3, 0.4) is 0 Å². The highest BCUT2D eigenvalue weighted by Gasteiger charge is 2.33. The third-order valence-electron chi connectivity index (χ3n) is 3.37. The molecular weight excluding hydrogens is 210 g/mol. The first kappa shape index (κ1) is 12.8. The molecule has 15 heavy (non-hydrogen) atoms. The lowest BCUT2D eigenvalue weighted by Gasteiger charge is -2.26. The van der Waals surface area contributed by atoms with Crippen molar-refractivity contribution in [1.82, 2.24) is 5.32 Å². The van der Waals surface area contributed by atoms with Gasteiger partial charge in [-0.3, -0.25) is 4.79 Å². The number of halogens is 1. The molecule has 0 heterocycles. The van der Waals surface area contributed by atoms with Crippen LogP contribution in [-0.4, -0.2) is 18.3 Å². The number of alkyl halides is 1. The van der Waals surface area contributed by atoms with Gasteiger partial charge in [-0.05, 0) is 19.3 Å². The maximum atomic E-state index is 11.5. The molecule has 0 spiro atoms. The Labute approximate surface area is 97.8 Å². The molecule has 0 atom stereocenters. The van der Waals surface area contributed by atoms with Crippen LogP contribution < -0.4 is 5.32 Å². The van der Waals surface area contributed by atoms with E-state index in [-0.39, 0.29) is 11.3 Å². The normalized spacial score (nSPS) is 19.1. The maximum Gasteiger partial charge on any atom is 0.220 e. The molecule has 1 aliphatic carbocycles. The molecule has 0 aliphatic heterocycles. The number of carbonyl (C=O) groups excluding carboxylic acids is 1. The summed E-state index contributed by atoms with van der Waals surface area (Å²) in [7, 11) is 0. The zero-order valence-electron chi connectivity index (χ0n) is 9.65. The van der Waals surface area contributed by atoms with Gasteiger partial charge in [0.2, 0.25) is 5.91 Å². The fourth-order valence-corrected chi connectivity index (χ4v) is 2.56. The van der Waals surface area contributed by atoms with E-state index in [1.54, 1.807) is 0 Å². The predicted molar refractivity (Wildman–Crippen MR) is 64.2 cm³/mol. The van der Waals surface area contributed by atoms with Gasteiger partial charge in [0.15, 0.2) is 0 Å². The molecule has 3 heteroatoms. The van der Waals surface area contributed by atoms with Crippen LogP contribution in [0, 0.1) is 5.41 Å². The first-order chi connectivity index (χ1) is 7.22. The smallest absolute Gasteiger partial charge is 0.220 e. The zero-order valence-corrected chi connectivity index (χ0v) is 10.4. The molecule has 0 aromatic carbocycles. The lowest BCUT2D eigenvalue weighted by molar-refractivity contribution is -0.121. The third kappa shape index (κ3) is 4.02. The van der Waals surface area contributed by atoms with Gasteiger partial charge >= 0.3 is 0 Å². The lowest BCUT2D eigenvalue weighted by atomic mass is 9.88. The number of carbonyl (C=O) groups is 1. The Kier molecular flexibility index (Phi) is 5.44. The van der Waals surface area contributed by atoms with Crippen LogP contribution in [0.2, 0.25) is 0 Å². The van der Waals surface area contributed by atoms with E-state index in [2.05, 4.69) is 12.2 Å². The largest absolute Gasteiger partial charge is 0.356 e. The van der Waals surface area contributed by atoms with E-state index in [0.717, 1.165) is 19.4 Å². The Morgan fingerprint density at radius 2 is 2.07 bits per heavy atom. The SMILES string of the molecule is CCCCC(=O)NCC1(CCl)CCCC1. The summed E-state index contributed by atoms with van der Waals surface area (Å²) < 4.78 is 0. The Hall–Kier alpha value is -0.240. The summed E-state index contributed by atoms with van der Waals surface area (Å²) in [6, 6.07) is 0. The molecule has 0 aromatic heterocycles. The number of rotatable bonds is 6. The van der Waals surface area contributed by atoms with E-state index in [9.17, 15) is 4.79 Å². The van der Waals surface area contributed by atoms with Gasteiger partial charge in [-0.1, -0.05) is 26.2 Å². The van der Waals surface area contributed by atoms with Gasteiger partial charge in [0, 0.05) is 24.3 Å². The molecule has 1 rings (SSSR count). The first-order valence-corrected chi connectivity index (χ1v) is 6.58. The molecule has 88 valence electrons. The average molecular weight is 232 g/mol. The van der Waals surface area contributed by atoms with Crippen LogP contribution in [-0.2, 0) is 4.79 Å². The lowest BCUT2D eigenvalue weighted by Crippen LogP contribution is -2.37. The van der Waals surface area contributed by atoms with E-state index in [0.29, 0.717) is 12.3 Å². The molecule has 0 bridgehead atoms. The van der Waals surface area contributed by atoms with Gasteiger partial charge in [0.25, 0.3) is 0 Å². The van der Waals surface area contributed by atoms with Crippen LogP contribution >= 0.6 is 11.6 Å². The van der Waals surface area contributed by atoms with Crippen molar-refractivity contribution >= 4 is 17.5 Å². The minimum atomic E-state index is 0.188. The van der Waals surface area contributed by atoms with Crippen LogP contribution in [0.15, 0.2) is 0 Å².